The van der Waals surface area contributed by atoms with Crippen molar-refractivity contribution < 1.29 is 9.53 Å². The number of nitrogen functional groups attached to an aromatic ring is 1. The van der Waals surface area contributed by atoms with Gasteiger partial charge in [-0.3, -0.25) is 4.90 Å². The predicted octanol–water partition coefficient (Wildman–Crippen LogP) is 5.57. The molecule has 1 amide bonds. The molecule has 1 saturated heterocycles. The normalized spacial score (nSPS) is 16.5. The molecular weight excluding hydrogens is 462 g/mol. The average Bonchev–Trinajstić information content (AvgIpc) is 3.47. The van der Waals surface area contributed by atoms with Crippen molar-refractivity contribution in [1.29, 1.82) is 0 Å². The van der Waals surface area contributed by atoms with Crippen LogP contribution in [0.3, 0.4) is 0 Å². The van der Waals surface area contributed by atoms with Gasteiger partial charge in [-0.05, 0) is 54.1 Å². The van der Waals surface area contributed by atoms with Crippen LogP contribution in [-0.4, -0.2) is 33.7 Å². The van der Waals surface area contributed by atoms with Gasteiger partial charge >= 0.3 is 6.09 Å². The van der Waals surface area contributed by atoms with E-state index in [0.717, 1.165) is 27.3 Å². The first-order valence-corrected chi connectivity index (χ1v) is 12.3. The highest BCUT2D eigenvalue weighted by Gasteiger charge is 2.38. The molecule has 0 radical (unpaired) electrons. The second-order valence-electron chi connectivity index (χ2n) is 8.85. The third kappa shape index (κ3) is 4.69. The summed E-state index contributed by atoms with van der Waals surface area (Å²) in [5.74, 6) is 2.02. The lowest BCUT2D eigenvalue weighted by molar-refractivity contribution is 0.177. The number of benzene rings is 1. The summed E-state index contributed by atoms with van der Waals surface area (Å²) in [6, 6.07) is 13.5. The highest BCUT2D eigenvalue weighted by molar-refractivity contribution is 7.17. The Morgan fingerprint density at radius 3 is 2.63 bits per heavy atom. The van der Waals surface area contributed by atoms with Gasteiger partial charge in [0, 0.05) is 5.69 Å². The van der Waals surface area contributed by atoms with Crippen molar-refractivity contribution in [2.75, 3.05) is 27.9 Å². The molecule has 3 aromatic heterocycles. The molecule has 4 aromatic rings. The van der Waals surface area contributed by atoms with E-state index >= 15 is 0 Å². The van der Waals surface area contributed by atoms with Crippen molar-refractivity contribution in [2.24, 2.45) is 5.92 Å². The lowest BCUT2D eigenvalue weighted by Gasteiger charge is -2.24. The Morgan fingerprint density at radius 2 is 1.91 bits per heavy atom. The van der Waals surface area contributed by atoms with E-state index in [1.54, 1.807) is 17.2 Å². The number of fused-ring (bicyclic) bond motifs is 1. The van der Waals surface area contributed by atoms with Gasteiger partial charge in [0.25, 0.3) is 0 Å². The highest BCUT2D eigenvalue weighted by Crippen LogP contribution is 2.35. The van der Waals surface area contributed by atoms with Gasteiger partial charge in [-0.2, -0.15) is 4.98 Å². The van der Waals surface area contributed by atoms with E-state index in [1.807, 2.05) is 48.7 Å². The maximum absolute atomic E-state index is 12.6. The Labute approximate surface area is 207 Å². The number of aromatic nitrogens is 3. The SMILES string of the molecule is CC(C)C1COC(=O)N1c1nc(N[C@@H](C)c2ccc(Nc3ccc(N)cn3)cc2)nc2ccsc12. The first-order chi connectivity index (χ1) is 16.9. The van der Waals surface area contributed by atoms with E-state index in [9.17, 15) is 4.79 Å². The van der Waals surface area contributed by atoms with E-state index in [2.05, 4.69) is 34.4 Å². The minimum absolute atomic E-state index is 0.0611. The number of hydrogen-bond donors (Lipinski definition) is 3. The van der Waals surface area contributed by atoms with Crippen molar-refractivity contribution in [3.8, 4) is 0 Å². The topological polar surface area (TPSA) is 118 Å². The summed E-state index contributed by atoms with van der Waals surface area (Å²) in [6.07, 6.45) is 1.25. The lowest BCUT2D eigenvalue weighted by Crippen LogP contribution is -2.38. The molecular formula is C25H27N7O2S. The Balaban J connectivity index is 1.36. The molecule has 0 saturated carbocycles. The smallest absolute Gasteiger partial charge is 0.415 e. The van der Waals surface area contributed by atoms with Crippen LogP contribution in [0.25, 0.3) is 10.2 Å². The number of nitrogens with zero attached hydrogens (tertiary/aromatic N) is 4. The van der Waals surface area contributed by atoms with Gasteiger partial charge in [0.05, 0.1) is 34.2 Å². The van der Waals surface area contributed by atoms with Crippen molar-refractivity contribution in [3.63, 3.8) is 0 Å². The van der Waals surface area contributed by atoms with E-state index < -0.39 is 0 Å². The molecule has 1 fully saturated rings. The van der Waals surface area contributed by atoms with Crippen molar-refractivity contribution in [2.45, 2.75) is 32.9 Å². The summed E-state index contributed by atoms with van der Waals surface area (Å²) in [6.45, 7) is 6.57. The van der Waals surface area contributed by atoms with Crippen molar-refractivity contribution in [3.05, 3.63) is 59.6 Å². The molecule has 9 nitrogen and oxygen atoms in total. The molecule has 2 atom stereocenters. The van der Waals surface area contributed by atoms with E-state index in [4.69, 9.17) is 15.5 Å². The molecule has 1 aromatic carbocycles. The van der Waals surface area contributed by atoms with E-state index in [1.165, 1.54) is 11.3 Å². The average molecular weight is 490 g/mol. The quantitative estimate of drug-likeness (QED) is 0.308. The second kappa shape index (κ2) is 9.38. The molecule has 4 heterocycles. The minimum atomic E-state index is -0.366. The van der Waals surface area contributed by atoms with E-state index in [-0.39, 0.29) is 24.1 Å². The third-order valence-electron chi connectivity index (χ3n) is 6.00. The summed E-state index contributed by atoms with van der Waals surface area (Å²) < 4.78 is 6.24. The fraction of sp³-hybridized carbons (Fsp3) is 0.280. The lowest BCUT2D eigenvalue weighted by atomic mass is 10.0. The van der Waals surface area contributed by atoms with Gasteiger partial charge in [0.15, 0.2) is 5.82 Å². The van der Waals surface area contributed by atoms with Crippen LogP contribution in [0.1, 0.15) is 32.4 Å². The van der Waals surface area contributed by atoms with Crippen molar-refractivity contribution in [1.82, 2.24) is 15.0 Å². The maximum atomic E-state index is 12.6. The summed E-state index contributed by atoms with van der Waals surface area (Å²) in [5, 5.41) is 8.62. The summed E-state index contributed by atoms with van der Waals surface area (Å²) in [5.41, 5.74) is 9.11. The number of carbonyl (C=O) groups excluding carboxylic acids is 1. The molecule has 0 bridgehead atoms. The summed E-state index contributed by atoms with van der Waals surface area (Å²) >= 11 is 1.52. The number of amides is 1. The van der Waals surface area contributed by atoms with Gasteiger partial charge in [-0.15, -0.1) is 11.3 Å². The Kier molecular flexibility index (Phi) is 6.12. The molecule has 180 valence electrons. The van der Waals surface area contributed by atoms with Gasteiger partial charge in [-0.25, -0.2) is 14.8 Å². The number of anilines is 5. The number of hydrogen-bond acceptors (Lipinski definition) is 9. The van der Waals surface area contributed by atoms with Crippen LogP contribution in [-0.2, 0) is 4.74 Å². The molecule has 1 unspecified atom stereocenters. The summed E-state index contributed by atoms with van der Waals surface area (Å²) in [7, 11) is 0. The fourth-order valence-electron chi connectivity index (χ4n) is 4.01. The minimum Gasteiger partial charge on any atom is -0.447 e. The number of ether oxygens (including phenoxy) is 1. The zero-order chi connectivity index (χ0) is 24.5. The molecule has 1 aliphatic heterocycles. The number of carbonyl (C=O) groups is 1. The maximum Gasteiger partial charge on any atom is 0.415 e. The Bertz CT molecular complexity index is 1340. The third-order valence-corrected chi connectivity index (χ3v) is 6.90. The van der Waals surface area contributed by atoms with Gasteiger partial charge in [-0.1, -0.05) is 26.0 Å². The first-order valence-electron chi connectivity index (χ1n) is 11.5. The van der Waals surface area contributed by atoms with Crippen LogP contribution in [0.4, 0.5) is 33.8 Å². The zero-order valence-electron chi connectivity index (χ0n) is 19.7. The zero-order valence-corrected chi connectivity index (χ0v) is 20.5. The van der Waals surface area contributed by atoms with E-state index in [0.29, 0.717) is 24.1 Å². The van der Waals surface area contributed by atoms with Crippen molar-refractivity contribution >= 4 is 56.6 Å². The largest absolute Gasteiger partial charge is 0.447 e. The number of nitrogens with two attached hydrogens (primary N) is 1. The number of thiophene rings is 1. The first kappa shape index (κ1) is 22.9. The number of pyridine rings is 1. The predicted molar refractivity (Wildman–Crippen MR) is 140 cm³/mol. The summed E-state index contributed by atoms with van der Waals surface area (Å²) in [4.78, 5) is 28.0. The molecule has 0 spiro atoms. The van der Waals surface area contributed by atoms with Gasteiger partial charge in [0.2, 0.25) is 5.95 Å². The van der Waals surface area contributed by atoms with Crippen LogP contribution < -0.4 is 21.3 Å². The van der Waals surface area contributed by atoms with Gasteiger partial charge < -0.3 is 21.1 Å². The Morgan fingerprint density at radius 1 is 1.11 bits per heavy atom. The molecule has 35 heavy (non-hydrogen) atoms. The van der Waals surface area contributed by atoms with Crippen LogP contribution in [0.2, 0.25) is 0 Å². The monoisotopic (exact) mass is 489 g/mol. The molecule has 4 N–H and O–H groups in total. The molecule has 10 heteroatoms. The van der Waals surface area contributed by atoms with Crippen LogP contribution >= 0.6 is 11.3 Å². The van der Waals surface area contributed by atoms with Crippen LogP contribution in [0, 0.1) is 5.92 Å². The number of nitrogens with one attached hydrogen (secondary N) is 2. The molecule has 5 rings (SSSR count). The second-order valence-corrected chi connectivity index (χ2v) is 9.77. The molecule has 0 aliphatic carbocycles. The number of cyclic esters (lactones) is 1. The van der Waals surface area contributed by atoms with Gasteiger partial charge in [0.1, 0.15) is 12.4 Å². The standard InChI is InChI=1S/C25H27N7O2S/c1-14(2)20-13-34-25(33)32(20)23-22-19(10-11-35-22)30-24(31-23)28-15(3)16-4-7-18(8-5-16)29-21-9-6-17(26)12-27-21/h4-12,14-15,20H,13,26H2,1-3H3,(H,27,29)(H,28,30,31)/t15-,20?/m0/s1. The van der Waals surface area contributed by atoms with Crippen LogP contribution in [0.5, 0.6) is 0 Å². The highest BCUT2D eigenvalue weighted by atomic mass is 32.1. The molecule has 1 aliphatic rings. The fourth-order valence-corrected chi connectivity index (χ4v) is 4.82. The Hall–Kier alpha value is -3.92. The van der Waals surface area contributed by atoms with Crippen LogP contribution in [0.15, 0.2) is 54.0 Å². The number of rotatable bonds is 7.